The predicted octanol–water partition coefficient (Wildman–Crippen LogP) is 2.92. The van der Waals surface area contributed by atoms with Gasteiger partial charge < -0.3 is 10.4 Å². The molecule has 108 valence electrons. The van der Waals surface area contributed by atoms with Crippen LogP contribution < -0.4 is 5.32 Å². The maximum atomic E-state index is 9.74. The number of hydrogen-bond acceptors (Lipinski definition) is 4. The van der Waals surface area contributed by atoms with E-state index in [1.54, 1.807) is 11.3 Å². The highest BCUT2D eigenvalue weighted by Gasteiger charge is 2.30. The van der Waals surface area contributed by atoms with Crippen LogP contribution in [0.25, 0.3) is 10.6 Å². The summed E-state index contributed by atoms with van der Waals surface area (Å²) in [4.78, 5) is 1.21. The quantitative estimate of drug-likeness (QED) is 0.794. The standard InChI is InChI=1S/C15H21N3OS/c19-11-15(6-2-1-3-7-15)16-9-12-10-17-18-14(12)13-5-4-8-20-13/h4-5,8,10,16,19H,1-3,6-7,9,11H2,(H,17,18). The fraction of sp³-hybridized carbons (Fsp3) is 0.533. The van der Waals surface area contributed by atoms with E-state index in [2.05, 4.69) is 27.0 Å². The van der Waals surface area contributed by atoms with E-state index in [4.69, 9.17) is 0 Å². The van der Waals surface area contributed by atoms with E-state index in [1.165, 1.54) is 29.7 Å². The molecule has 2 heterocycles. The molecule has 0 atom stereocenters. The van der Waals surface area contributed by atoms with E-state index in [0.29, 0.717) is 0 Å². The van der Waals surface area contributed by atoms with Crippen LogP contribution in [0, 0.1) is 0 Å². The number of aliphatic hydroxyl groups excluding tert-OH is 1. The molecule has 1 aliphatic rings. The predicted molar refractivity (Wildman–Crippen MR) is 81.6 cm³/mol. The molecule has 0 bridgehead atoms. The molecule has 0 amide bonds. The van der Waals surface area contributed by atoms with E-state index in [-0.39, 0.29) is 12.1 Å². The van der Waals surface area contributed by atoms with Crippen LogP contribution in [0.1, 0.15) is 37.7 Å². The van der Waals surface area contributed by atoms with Crippen molar-refractivity contribution in [1.29, 1.82) is 0 Å². The van der Waals surface area contributed by atoms with Crippen LogP contribution in [0.5, 0.6) is 0 Å². The van der Waals surface area contributed by atoms with Gasteiger partial charge in [0.05, 0.1) is 23.4 Å². The lowest BCUT2D eigenvalue weighted by atomic mass is 9.82. The van der Waals surface area contributed by atoms with Gasteiger partial charge >= 0.3 is 0 Å². The maximum absolute atomic E-state index is 9.74. The van der Waals surface area contributed by atoms with Gasteiger partial charge in [-0.3, -0.25) is 5.10 Å². The zero-order valence-corrected chi connectivity index (χ0v) is 12.4. The molecule has 4 nitrogen and oxygen atoms in total. The van der Waals surface area contributed by atoms with Crippen LogP contribution >= 0.6 is 11.3 Å². The third kappa shape index (κ3) is 2.80. The molecule has 0 aromatic carbocycles. The van der Waals surface area contributed by atoms with Crippen molar-refractivity contribution >= 4 is 11.3 Å². The van der Waals surface area contributed by atoms with E-state index < -0.39 is 0 Å². The maximum Gasteiger partial charge on any atom is 0.0794 e. The Labute approximate surface area is 123 Å². The van der Waals surface area contributed by atoms with Gasteiger partial charge in [0.25, 0.3) is 0 Å². The van der Waals surface area contributed by atoms with Crippen molar-refractivity contribution in [3.8, 4) is 10.6 Å². The van der Waals surface area contributed by atoms with Crippen molar-refractivity contribution in [1.82, 2.24) is 15.5 Å². The largest absolute Gasteiger partial charge is 0.394 e. The lowest BCUT2D eigenvalue weighted by molar-refractivity contribution is 0.119. The number of aromatic amines is 1. The van der Waals surface area contributed by atoms with Crippen LogP contribution in [0.15, 0.2) is 23.7 Å². The fourth-order valence-corrected chi connectivity index (χ4v) is 3.74. The van der Waals surface area contributed by atoms with Gasteiger partial charge in [-0.15, -0.1) is 11.3 Å². The van der Waals surface area contributed by atoms with Crippen molar-refractivity contribution in [2.24, 2.45) is 0 Å². The van der Waals surface area contributed by atoms with Crippen LogP contribution in [0.2, 0.25) is 0 Å². The zero-order chi connectivity index (χ0) is 13.8. The van der Waals surface area contributed by atoms with Crippen molar-refractivity contribution < 1.29 is 5.11 Å². The average molecular weight is 291 g/mol. The van der Waals surface area contributed by atoms with Crippen LogP contribution in [-0.2, 0) is 6.54 Å². The fourth-order valence-electron chi connectivity index (χ4n) is 2.98. The third-order valence-corrected chi connectivity index (χ3v) is 5.14. The molecule has 0 saturated heterocycles. The summed E-state index contributed by atoms with van der Waals surface area (Å²) in [5.74, 6) is 0. The van der Waals surface area contributed by atoms with Gasteiger partial charge in [0.15, 0.2) is 0 Å². The second kappa shape index (κ2) is 6.08. The van der Waals surface area contributed by atoms with Crippen molar-refractivity contribution in [2.75, 3.05) is 6.61 Å². The Hall–Kier alpha value is -1.17. The molecular formula is C15H21N3OS. The molecule has 2 aromatic rings. The molecule has 3 N–H and O–H groups in total. The number of H-pyrrole nitrogens is 1. The number of aliphatic hydroxyl groups is 1. The molecule has 3 rings (SSSR count). The Morgan fingerprint density at radius 2 is 2.20 bits per heavy atom. The smallest absolute Gasteiger partial charge is 0.0794 e. The number of thiophene rings is 1. The van der Waals surface area contributed by atoms with E-state index >= 15 is 0 Å². The van der Waals surface area contributed by atoms with E-state index in [1.807, 2.05) is 12.3 Å². The molecule has 0 aliphatic heterocycles. The Balaban J connectivity index is 1.71. The van der Waals surface area contributed by atoms with Gasteiger partial charge in [0.1, 0.15) is 0 Å². The summed E-state index contributed by atoms with van der Waals surface area (Å²) in [6, 6.07) is 4.15. The first-order valence-corrected chi connectivity index (χ1v) is 8.13. The van der Waals surface area contributed by atoms with Crippen molar-refractivity contribution in [2.45, 2.75) is 44.2 Å². The van der Waals surface area contributed by atoms with Gasteiger partial charge in [-0.25, -0.2) is 0 Å². The first-order valence-electron chi connectivity index (χ1n) is 7.25. The average Bonchev–Trinajstić information content (AvgIpc) is 3.16. The minimum atomic E-state index is -0.0950. The summed E-state index contributed by atoms with van der Waals surface area (Å²) < 4.78 is 0. The number of aromatic nitrogens is 2. The number of rotatable bonds is 5. The summed E-state index contributed by atoms with van der Waals surface area (Å²) in [5, 5.41) is 22.7. The van der Waals surface area contributed by atoms with Crippen LogP contribution in [0.4, 0.5) is 0 Å². The van der Waals surface area contributed by atoms with Gasteiger partial charge in [-0.2, -0.15) is 5.10 Å². The Morgan fingerprint density at radius 1 is 1.35 bits per heavy atom. The molecule has 1 fully saturated rings. The summed E-state index contributed by atoms with van der Waals surface area (Å²) >= 11 is 1.71. The summed E-state index contributed by atoms with van der Waals surface area (Å²) in [6.45, 7) is 0.976. The molecule has 5 heteroatoms. The number of nitrogens with zero attached hydrogens (tertiary/aromatic N) is 1. The molecular weight excluding hydrogens is 270 g/mol. The molecule has 1 saturated carbocycles. The normalized spacial score (nSPS) is 18.2. The lowest BCUT2D eigenvalue weighted by Crippen LogP contribution is -2.49. The zero-order valence-electron chi connectivity index (χ0n) is 11.6. The summed E-state index contributed by atoms with van der Waals surface area (Å²) in [5.41, 5.74) is 2.17. The highest BCUT2D eigenvalue weighted by atomic mass is 32.1. The number of nitrogens with one attached hydrogen (secondary N) is 2. The van der Waals surface area contributed by atoms with Gasteiger partial charge in [0, 0.05) is 17.6 Å². The second-order valence-electron chi connectivity index (χ2n) is 5.60. The SMILES string of the molecule is OCC1(NCc2cn[nH]c2-c2cccs2)CCCCC1. The highest BCUT2D eigenvalue weighted by Crippen LogP contribution is 2.30. The van der Waals surface area contributed by atoms with Gasteiger partial charge in [-0.05, 0) is 24.3 Å². The Kier molecular flexibility index (Phi) is 4.19. The molecule has 20 heavy (non-hydrogen) atoms. The first-order chi connectivity index (χ1) is 9.83. The molecule has 2 aromatic heterocycles. The van der Waals surface area contributed by atoms with Gasteiger partial charge in [-0.1, -0.05) is 25.3 Å². The first kappa shape index (κ1) is 13.8. The highest BCUT2D eigenvalue weighted by molar-refractivity contribution is 7.13. The summed E-state index contributed by atoms with van der Waals surface area (Å²) in [7, 11) is 0. The van der Waals surface area contributed by atoms with E-state index in [0.717, 1.165) is 25.1 Å². The topological polar surface area (TPSA) is 60.9 Å². The third-order valence-electron chi connectivity index (χ3n) is 4.25. The van der Waals surface area contributed by atoms with Crippen LogP contribution in [0.3, 0.4) is 0 Å². The van der Waals surface area contributed by atoms with Gasteiger partial charge in [0.2, 0.25) is 0 Å². The Bertz CT molecular complexity index is 529. The summed E-state index contributed by atoms with van der Waals surface area (Å²) in [6.07, 6.45) is 7.71. The minimum absolute atomic E-state index is 0.0950. The Morgan fingerprint density at radius 3 is 2.90 bits per heavy atom. The molecule has 0 spiro atoms. The second-order valence-corrected chi connectivity index (χ2v) is 6.55. The van der Waals surface area contributed by atoms with Crippen LogP contribution in [-0.4, -0.2) is 27.4 Å². The van der Waals surface area contributed by atoms with Crippen molar-refractivity contribution in [3.63, 3.8) is 0 Å². The molecule has 0 radical (unpaired) electrons. The van der Waals surface area contributed by atoms with Crippen molar-refractivity contribution in [3.05, 3.63) is 29.3 Å². The molecule has 0 unspecified atom stereocenters. The number of hydrogen-bond donors (Lipinski definition) is 3. The minimum Gasteiger partial charge on any atom is -0.394 e. The lowest BCUT2D eigenvalue weighted by Gasteiger charge is -2.36. The van der Waals surface area contributed by atoms with E-state index in [9.17, 15) is 5.11 Å². The molecule has 1 aliphatic carbocycles. The monoisotopic (exact) mass is 291 g/mol.